The Morgan fingerprint density at radius 3 is 2.57 bits per heavy atom. The molecule has 114 valence electrons. The highest BCUT2D eigenvalue weighted by molar-refractivity contribution is 7.80. The lowest BCUT2D eigenvalue weighted by Crippen LogP contribution is -2.58. The van der Waals surface area contributed by atoms with E-state index >= 15 is 0 Å². The summed E-state index contributed by atoms with van der Waals surface area (Å²) in [5, 5.41) is 5.76. The van der Waals surface area contributed by atoms with Crippen LogP contribution in [0.2, 0.25) is 0 Å². The van der Waals surface area contributed by atoms with Crippen molar-refractivity contribution in [3.05, 3.63) is 24.3 Å². The molecule has 0 saturated heterocycles. The van der Waals surface area contributed by atoms with Gasteiger partial charge in [0.25, 0.3) is 0 Å². The average molecular weight is 307 g/mol. The highest BCUT2D eigenvalue weighted by atomic mass is 32.1. The number of carbonyl (C=O) groups is 1. The second-order valence-corrected chi connectivity index (χ2v) is 5.73. The number of nitrogens with one attached hydrogen (secondary N) is 2. The van der Waals surface area contributed by atoms with Crippen molar-refractivity contribution in [2.75, 3.05) is 12.4 Å². The maximum absolute atomic E-state index is 12.3. The van der Waals surface area contributed by atoms with Gasteiger partial charge < -0.3 is 21.1 Å². The molecule has 21 heavy (non-hydrogen) atoms. The molecule has 0 aliphatic heterocycles. The molecule has 2 amide bonds. The van der Waals surface area contributed by atoms with E-state index in [4.69, 9.17) is 22.7 Å². The van der Waals surface area contributed by atoms with Gasteiger partial charge in [-0.15, -0.1) is 0 Å². The fourth-order valence-corrected chi connectivity index (χ4v) is 2.96. The van der Waals surface area contributed by atoms with E-state index in [1.807, 2.05) is 12.1 Å². The van der Waals surface area contributed by atoms with Crippen LogP contribution in [0.3, 0.4) is 0 Å². The number of nitrogens with two attached hydrogens (primary N) is 1. The van der Waals surface area contributed by atoms with Crippen LogP contribution in [-0.4, -0.2) is 23.7 Å². The summed E-state index contributed by atoms with van der Waals surface area (Å²) in [5.41, 5.74) is 5.91. The summed E-state index contributed by atoms with van der Waals surface area (Å²) in [7, 11) is 1.57. The predicted octanol–water partition coefficient (Wildman–Crippen LogP) is 2.81. The molecule has 0 radical (unpaired) electrons. The molecule has 1 saturated carbocycles. The summed E-state index contributed by atoms with van der Waals surface area (Å²) in [6.07, 6.45) is 4.78. The second kappa shape index (κ2) is 6.76. The fourth-order valence-electron chi connectivity index (χ4n) is 2.71. The monoisotopic (exact) mass is 307 g/mol. The molecule has 1 aliphatic rings. The molecule has 1 aromatic rings. The summed E-state index contributed by atoms with van der Waals surface area (Å²) >= 11 is 5.17. The number of ether oxygens (including phenoxy) is 1. The lowest BCUT2D eigenvalue weighted by Gasteiger charge is -2.37. The zero-order valence-electron chi connectivity index (χ0n) is 12.1. The number of methoxy groups -OCH3 is 1. The van der Waals surface area contributed by atoms with Gasteiger partial charge in [-0.05, 0) is 25.0 Å². The van der Waals surface area contributed by atoms with Crippen LogP contribution in [0.1, 0.15) is 32.1 Å². The second-order valence-electron chi connectivity index (χ2n) is 5.29. The number of hydrogen-bond acceptors (Lipinski definition) is 3. The number of rotatable bonds is 4. The maximum Gasteiger partial charge on any atom is 0.320 e. The zero-order valence-corrected chi connectivity index (χ0v) is 13.0. The molecule has 0 aromatic heterocycles. The standard InChI is InChI=1S/C15H21N3O2S/c1-20-12-8-4-3-7-11(12)17-14(19)18-15(13(16)21)9-5-2-6-10-15/h3-4,7-8H,2,5-6,9-10H2,1H3,(H2,16,21)(H2,17,18,19). The number of para-hydroxylation sites is 2. The van der Waals surface area contributed by atoms with Crippen LogP contribution in [0.25, 0.3) is 0 Å². The lowest BCUT2D eigenvalue weighted by molar-refractivity contribution is 0.236. The minimum absolute atomic E-state index is 0.311. The van der Waals surface area contributed by atoms with Gasteiger partial charge in [0.15, 0.2) is 0 Å². The number of anilines is 1. The minimum Gasteiger partial charge on any atom is -0.495 e. The third kappa shape index (κ3) is 3.64. The van der Waals surface area contributed by atoms with Crippen molar-refractivity contribution in [2.45, 2.75) is 37.6 Å². The van der Waals surface area contributed by atoms with Crippen molar-refractivity contribution in [3.63, 3.8) is 0 Å². The Morgan fingerprint density at radius 2 is 1.95 bits per heavy atom. The summed E-state index contributed by atoms with van der Waals surface area (Å²) in [6.45, 7) is 0. The van der Waals surface area contributed by atoms with Crippen LogP contribution in [0.4, 0.5) is 10.5 Å². The van der Waals surface area contributed by atoms with Gasteiger partial charge in [-0.25, -0.2) is 4.79 Å². The molecule has 0 heterocycles. The topological polar surface area (TPSA) is 76.4 Å². The number of carbonyl (C=O) groups excluding carboxylic acids is 1. The van der Waals surface area contributed by atoms with Crippen LogP contribution in [0.15, 0.2) is 24.3 Å². The molecule has 1 aliphatic carbocycles. The average Bonchev–Trinajstić information content (AvgIpc) is 2.48. The molecular formula is C15H21N3O2S. The third-order valence-corrected chi connectivity index (χ3v) is 4.28. The van der Waals surface area contributed by atoms with Crippen molar-refractivity contribution >= 4 is 28.9 Å². The van der Waals surface area contributed by atoms with Crippen LogP contribution in [0.5, 0.6) is 5.75 Å². The van der Waals surface area contributed by atoms with Gasteiger partial charge in [-0.1, -0.05) is 43.6 Å². The Morgan fingerprint density at radius 1 is 1.29 bits per heavy atom. The van der Waals surface area contributed by atoms with Gasteiger partial charge in [-0.3, -0.25) is 0 Å². The van der Waals surface area contributed by atoms with Crippen molar-refractivity contribution in [3.8, 4) is 5.75 Å². The molecule has 0 unspecified atom stereocenters. The summed E-state index contributed by atoms with van der Waals surface area (Å²) in [6, 6.07) is 6.95. The first-order valence-corrected chi connectivity index (χ1v) is 7.50. The van der Waals surface area contributed by atoms with Crippen molar-refractivity contribution in [2.24, 2.45) is 5.73 Å². The Balaban J connectivity index is 2.07. The Bertz CT molecular complexity index is 527. The van der Waals surface area contributed by atoms with Gasteiger partial charge in [0, 0.05) is 0 Å². The van der Waals surface area contributed by atoms with Crippen LogP contribution >= 0.6 is 12.2 Å². The number of thiocarbonyl (C=S) groups is 1. The van der Waals surface area contributed by atoms with Crippen LogP contribution in [0, 0.1) is 0 Å². The fraction of sp³-hybridized carbons (Fsp3) is 0.467. The van der Waals surface area contributed by atoms with E-state index in [-0.39, 0.29) is 6.03 Å². The first kappa shape index (κ1) is 15.6. The Kier molecular flexibility index (Phi) is 5.01. The normalized spacial score (nSPS) is 16.8. The van der Waals surface area contributed by atoms with Gasteiger partial charge in [-0.2, -0.15) is 0 Å². The summed E-state index contributed by atoms with van der Waals surface area (Å²) in [5.74, 6) is 0.612. The lowest BCUT2D eigenvalue weighted by atomic mass is 9.81. The number of urea groups is 1. The molecule has 2 rings (SSSR count). The highest BCUT2D eigenvalue weighted by Gasteiger charge is 2.36. The van der Waals surface area contributed by atoms with E-state index in [0.717, 1.165) is 32.1 Å². The van der Waals surface area contributed by atoms with Gasteiger partial charge >= 0.3 is 6.03 Å². The van der Waals surface area contributed by atoms with E-state index in [2.05, 4.69) is 10.6 Å². The Hall–Kier alpha value is -1.82. The van der Waals surface area contributed by atoms with E-state index in [1.54, 1.807) is 19.2 Å². The smallest absolute Gasteiger partial charge is 0.320 e. The van der Waals surface area contributed by atoms with Crippen molar-refractivity contribution < 1.29 is 9.53 Å². The van der Waals surface area contributed by atoms with Gasteiger partial charge in [0.05, 0.1) is 23.3 Å². The predicted molar refractivity (Wildman–Crippen MR) is 87.7 cm³/mol. The summed E-state index contributed by atoms with van der Waals surface area (Å²) in [4.78, 5) is 12.6. The largest absolute Gasteiger partial charge is 0.495 e. The number of hydrogen-bond donors (Lipinski definition) is 3. The molecular weight excluding hydrogens is 286 g/mol. The quantitative estimate of drug-likeness (QED) is 0.748. The van der Waals surface area contributed by atoms with E-state index in [1.165, 1.54) is 0 Å². The molecule has 1 fully saturated rings. The number of amides is 2. The van der Waals surface area contributed by atoms with Crippen molar-refractivity contribution in [1.82, 2.24) is 5.32 Å². The molecule has 0 spiro atoms. The van der Waals surface area contributed by atoms with E-state index in [0.29, 0.717) is 16.4 Å². The first-order chi connectivity index (χ1) is 10.1. The summed E-state index contributed by atoms with van der Waals surface area (Å²) < 4.78 is 5.22. The van der Waals surface area contributed by atoms with Crippen LogP contribution < -0.4 is 21.1 Å². The third-order valence-electron chi connectivity index (χ3n) is 3.89. The molecule has 0 atom stereocenters. The van der Waals surface area contributed by atoms with Gasteiger partial charge in [0.1, 0.15) is 5.75 Å². The van der Waals surface area contributed by atoms with E-state index < -0.39 is 5.54 Å². The molecule has 4 N–H and O–H groups in total. The Labute approximate surface area is 130 Å². The minimum atomic E-state index is -0.570. The first-order valence-electron chi connectivity index (χ1n) is 7.09. The van der Waals surface area contributed by atoms with E-state index in [9.17, 15) is 4.79 Å². The van der Waals surface area contributed by atoms with Gasteiger partial charge in [0.2, 0.25) is 0 Å². The van der Waals surface area contributed by atoms with Crippen molar-refractivity contribution in [1.29, 1.82) is 0 Å². The molecule has 6 heteroatoms. The molecule has 5 nitrogen and oxygen atoms in total. The molecule has 0 bridgehead atoms. The zero-order chi connectivity index (χ0) is 15.3. The SMILES string of the molecule is COc1ccccc1NC(=O)NC1(C(N)=S)CCCCC1. The molecule has 1 aromatic carbocycles. The van der Waals surface area contributed by atoms with Crippen LogP contribution in [-0.2, 0) is 0 Å². The number of benzene rings is 1. The highest BCUT2D eigenvalue weighted by Crippen LogP contribution is 2.29. The maximum atomic E-state index is 12.3.